The Bertz CT molecular complexity index is 920. The van der Waals surface area contributed by atoms with Crippen molar-refractivity contribution in [1.29, 1.82) is 0 Å². The molecule has 0 radical (unpaired) electrons. The van der Waals surface area contributed by atoms with Crippen LogP contribution >= 0.6 is 0 Å². The first-order valence-electron chi connectivity index (χ1n) is 10.1. The number of hydrogen-bond acceptors (Lipinski definition) is 4. The number of benzene rings is 2. The fraction of sp³-hybridized carbons (Fsp3) is 0.391. The number of amides is 2. The molecule has 1 saturated heterocycles. The van der Waals surface area contributed by atoms with E-state index in [0.717, 1.165) is 38.0 Å². The molecular formula is C23H24N2O3. The molecule has 144 valence electrons. The normalized spacial score (nSPS) is 23.6. The maximum absolute atomic E-state index is 12.5. The van der Waals surface area contributed by atoms with Crippen molar-refractivity contribution in [2.45, 2.75) is 25.2 Å². The van der Waals surface area contributed by atoms with E-state index in [4.69, 9.17) is 0 Å². The summed E-state index contributed by atoms with van der Waals surface area (Å²) in [6, 6.07) is 12.9. The largest absolute Gasteiger partial charge is 0.508 e. The maximum atomic E-state index is 12.5. The minimum Gasteiger partial charge on any atom is -0.508 e. The summed E-state index contributed by atoms with van der Waals surface area (Å²) < 4.78 is 0. The van der Waals surface area contributed by atoms with Gasteiger partial charge in [-0.1, -0.05) is 24.3 Å². The minimum absolute atomic E-state index is 0.166. The number of fused-ring (bicyclic) bond motifs is 5. The Balaban J connectivity index is 1.21. The average molecular weight is 376 g/mol. The number of aromatic hydroxyl groups is 1. The van der Waals surface area contributed by atoms with E-state index in [1.165, 1.54) is 16.9 Å². The van der Waals surface area contributed by atoms with Crippen LogP contribution in [0.5, 0.6) is 5.75 Å². The van der Waals surface area contributed by atoms with Crippen molar-refractivity contribution >= 4 is 11.8 Å². The number of carbonyl (C=O) groups is 2. The van der Waals surface area contributed by atoms with Crippen LogP contribution < -0.4 is 0 Å². The van der Waals surface area contributed by atoms with Crippen molar-refractivity contribution in [1.82, 2.24) is 9.80 Å². The summed E-state index contributed by atoms with van der Waals surface area (Å²) in [7, 11) is 0. The third-order valence-corrected chi connectivity index (χ3v) is 6.47. The van der Waals surface area contributed by atoms with Gasteiger partial charge < -0.3 is 10.0 Å². The van der Waals surface area contributed by atoms with E-state index in [2.05, 4.69) is 11.0 Å². The second-order valence-corrected chi connectivity index (χ2v) is 8.27. The predicted octanol–water partition coefficient (Wildman–Crippen LogP) is 3.04. The standard InChI is InChI=1S/C23H24N2O3/c26-21-8-3-7-17-16-11-15(12-20(17)21)13-24(14-16)9-4-10-25-22(27)18-5-1-2-6-19(18)23(25)28/h1-3,5-8,15-16,26H,4,9-14H2. The van der Waals surface area contributed by atoms with Crippen LogP contribution in [0.25, 0.3) is 0 Å². The van der Waals surface area contributed by atoms with Gasteiger partial charge in [0, 0.05) is 19.6 Å². The number of imide groups is 1. The first-order chi connectivity index (χ1) is 13.6. The van der Waals surface area contributed by atoms with Crippen LogP contribution in [0.4, 0.5) is 0 Å². The first kappa shape index (κ1) is 17.4. The average Bonchev–Trinajstić information content (AvgIpc) is 2.94. The number of nitrogens with zero attached hydrogens (tertiary/aromatic N) is 2. The Morgan fingerprint density at radius 1 is 0.929 bits per heavy atom. The van der Waals surface area contributed by atoms with Gasteiger partial charge in [-0.2, -0.15) is 0 Å². The van der Waals surface area contributed by atoms with Crippen LogP contribution in [0.2, 0.25) is 0 Å². The summed E-state index contributed by atoms with van der Waals surface area (Å²) in [4.78, 5) is 28.8. The summed E-state index contributed by atoms with van der Waals surface area (Å²) in [6.45, 7) is 3.35. The van der Waals surface area contributed by atoms with Gasteiger partial charge in [-0.05, 0) is 67.0 Å². The highest BCUT2D eigenvalue weighted by Gasteiger charge is 2.36. The first-order valence-corrected chi connectivity index (χ1v) is 10.1. The number of hydrogen-bond donors (Lipinski definition) is 1. The van der Waals surface area contributed by atoms with E-state index < -0.39 is 0 Å². The van der Waals surface area contributed by atoms with Gasteiger partial charge >= 0.3 is 0 Å². The Labute approximate surface area is 164 Å². The molecule has 2 atom stereocenters. The van der Waals surface area contributed by atoms with Gasteiger partial charge in [-0.15, -0.1) is 0 Å². The third-order valence-electron chi connectivity index (χ3n) is 6.47. The number of phenols is 1. The highest BCUT2D eigenvalue weighted by Crippen LogP contribution is 2.42. The highest BCUT2D eigenvalue weighted by molar-refractivity contribution is 6.21. The summed E-state index contributed by atoms with van der Waals surface area (Å²) in [6.07, 6.45) is 2.91. The van der Waals surface area contributed by atoms with Gasteiger partial charge in [-0.25, -0.2) is 0 Å². The second-order valence-electron chi connectivity index (χ2n) is 8.27. The lowest BCUT2D eigenvalue weighted by molar-refractivity contribution is 0.0640. The summed E-state index contributed by atoms with van der Waals surface area (Å²) >= 11 is 0. The van der Waals surface area contributed by atoms with Gasteiger partial charge in [0.1, 0.15) is 5.75 Å². The molecule has 1 aliphatic carbocycles. The summed E-state index contributed by atoms with van der Waals surface area (Å²) in [5, 5.41) is 10.2. The van der Waals surface area contributed by atoms with Gasteiger partial charge in [0.2, 0.25) is 0 Å². The molecule has 2 amide bonds. The van der Waals surface area contributed by atoms with Gasteiger partial charge in [0.15, 0.2) is 0 Å². The maximum Gasteiger partial charge on any atom is 0.261 e. The van der Waals surface area contributed by atoms with Gasteiger partial charge in [0.25, 0.3) is 11.8 Å². The molecular weight excluding hydrogens is 352 g/mol. The molecule has 5 heteroatoms. The molecule has 2 aromatic rings. The molecule has 5 nitrogen and oxygen atoms in total. The molecule has 0 aromatic heterocycles. The fourth-order valence-corrected chi connectivity index (χ4v) is 5.24. The Hall–Kier alpha value is -2.66. The van der Waals surface area contributed by atoms with E-state index >= 15 is 0 Å². The zero-order valence-corrected chi connectivity index (χ0v) is 15.8. The van der Waals surface area contributed by atoms with E-state index in [1.807, 2.05) is 6.07 Å². The van der Waals surface area contributed by atoms with Crippen LogP contribution in [0.1, 0.15) is 50.6 Å². The smallest absolute Gasteiger partial charge is 0.261 e. The van der Waals surface area contributed by atoms with E-state index in [-0.39, 0.29) is 11.8 Å². The van der Waals surface area contributed by atoms with Crippen LogP contribution in [-0.2, 0) is 6.42 Å². The molecule has 0 saturated carbocycles. The van der Waals surface area contributed by atoms with E-state index in [9.17, 15) is 14.7 Å². The molecule has 2 aromatic carbocycles. The molecule has 2 aliphatic heterocycles. The highest BCUT2D eigenvalue weighted by atomic mass is 16.3. The van der Waals surface area contributed by atoms with Crippen LogP contribution in [0.3, 0.4) is 0 Å². The number of phenolic OH excluding ortho intramolecular Hbond substituents is 1. The van der Waals surface area contributed by atoms with E-state index in [0.29, 0.717) is 35.3 Å². The fourth-order valence-electron chi connectivity index (χ4n) is 5.24. The summed E-state index contributed by atoms with van der Waals surface area (Å²) in [5.41, 5.74) is 3.48. The lowest BCUT2D eigenvalue weighted by Crippen LogP contribution is -2.44. The van der Waals surface area contributed by atoms with Crippen LogP contribution in [0, 0.1) is 5.92 Å². The van der Waals surface area contributed by atoms with Crippen molar-refractivity contribution in [3.8, 4) is 5.75 Å². The molecule has 1 fully saturated rings. The molecule has 1 N–H and O–H groups in total. The quantitative estimate of drug-likeness (QED) is 0.834. The summed E-state index contributed by atoms with van der Waals surface area (Å²) in [5.74, 6) is 1.14. The van der Waals surface area contributed by atoms with Gasteiger partial charge in [0.05, 0.1) is 11.1 Å². The second kappa shape index (κ2) is 6.74. The number of carbonyl (C=O) groups excluding carboxylic acids is 2. The molecule has 5 rings (SSSR count). The SMILES string of the molecule is O=C1c2ccccc2C(=O)N1CCCN1CC2Cc3c(O)cccc3C(C2)C1. The van der Waals surface area contributed by atoms with Crippen molar-refractivity contribution in [2.24, 2.45) is 5.92 Å². The zero-order chi connectivity index (χ0) is 19.3. The molecule has 28 heavy (non-hydrogen) atoms. The number of rotatable bonds is 4. The molecule has 3 aliphatic rings. The van der Waals surface area contributed by atoms with Crippen molar-refractivity contribution < 1.29 is 14.7 Å². The lowest BCUT2D eigenvalue weighted by atomic mass is 9.73. The van der Waals surface area contributed by atoms with Crippen molar-refractivity contribution in [3.05, 3.63) is 64.7 Å². The van der Waals surface area contributed by atoms with Crippen LogP contribution in [-0.4, -0.2) is 52.9 Å². The zero-order valence-electron chi connectivity index (χ0n) is 15.8. The minimum atomic E-state index is -0.166. The molecule has 2 heterocycles. The van der Waals surface area contributed by atoms with Crippen LogP contribution in [0.15, 0.2) is 42.5 Å². The third kappa shape index (κ3) is 2.81. The lowest BCUT2D eigenvalue weighted by Gasteiger charge is -2.42. The Kier molecular flexibility index (Phi) is 4.20. The molecule has 2 unspecified atom stereocenters. The predicted molar refractivity (Wildman–Crippen MR) is 106 cm³/mol. The number of piperidine rings is 1. The number of likely N-dealkylation sites (tertiary alicyclic amines) is 1. The monoisotopic (exact) mass is 376 g/mol. The molecule has 2 bridgehead atoms. The van der Waals surface area contributed by atoms with Crippen molar-refractivity contribution in [3.63, 3.8) is 0 Å². The topological polar surface area (TPSA) is 60.9 Å². The Morgan fingerprint density at radius 2 is 1.68 bits per heavy atom. The Morgan fingerprint density at radius 3 is 2.43 bits per heavy atom. The van der Waals surface area contributed by atoms with Crippen molar-refractivity contribution in [2.75, 3.05) is 26.2 Å². The van der Waals surface area contributed by atoms with E-state index in [1.54, 1.807) is 30.3 Å². The molecule has 0 spiro atoms. The van der Waals surface area contributed by atoms with Gasteiger partial charge in [-0.3, -0.25) is 14.5 Å².